The van der Waals surface area contributed by atoms with Crippen LogP contribution in [0, 0.1) is 6.92 Å². The van der Waals surface area contributed by atoms with E-state index in [4.69, 9.17) is 4.74 Å². The van der Waals surface area contributed by atoms with E-state index in [1.807, 2.05) is 35.2 Å². The van der Waals surface area contributed by atoms with Gasteiger partial charge in [-0.05, 0) is 30.0 Å². The molecule has 0 aliphatic rings. The maximum Gasteiger partial charge on any atom is 0.258 e. The van der Waals surface area contributed by atoms with E-state index in [1.165, 1.54) is 0 Å². The quantitative estimate of drug-likeness (QED) is 0.745. The fraction of sp³-hybridized carbons (Fsp3) is 0.333. The molecule has 0 unspecified atom stereocenters. The number of hydrogen-bond donors (Lipinski definition) is 1. The third-order valence-corrected chi connectivity index (χ3v) is 4.53. The highest BCUT2D eigenvalue weighted by Crippen LogP contribution is 2.27. The van der Waals surface area contributed by atoms with Crippen molar-refractivity contribution in [2.45, 2.75) is 33.2 Å². The van der Waals surface area contributed by atoms with E-state index in [1.54, 1.807) is 11.3 Å². The predicted octanol–water partition coefficient (Wildman–Crippen LogP) is 3.52. The van der Waals surface area contributed by atoms with Gasteiger partial charge in [-0.25, -0.2) is 4.98 Å². The number of carbonyl (C=O) groups excluding carboxylic acids is 1. The van der Waals surface area contributed by atoms with Crippen LogP contribution in [-0.4, -0.2) is 21.9 Å². The summed E-state index contributed by atoms with van der Waals surface area (Å²) in [5.74, 6) is 0.979. The number of nitrogens with zero attached hydrogens (tertiary/aromatic N) is 2. The minimum Gasteiger partial charge on any atom is -0.483 e. The molecule has 0 saturated heterocycles. The fourth-order valence-electron chi connectivity index (χ4n) is 2.49. The first-order valence-electron chi connectivity index (χ1n) is 7.94. The summed E-state index contributed by atoms with van der Waals surface area (Å²) >= 11 is 1.57. The number of aryl methyl sites for hydroxylation is 1. The zero-order chi connectivity index (χ0) is 17.1. The number of carbonyl (C=O) groups is 1. The first kappa shape index (κ1) is 16.5. The van der Waals surface area contributed by atoms with Crippen molar-refractivity contribution in [3.8, 4) is 5.75 Å². The molecule has 0 aliphatic carbocycles. The number of fused-ring (bicyclic) bond motifs is 1. The summed E-state index contributed by atoms with van der Waals surface area (Å²) in [7, 11) is 0. The van der Waals surface area contributed by atoms with Gasteiger partial charge >= 0.3 is 0 Å². The molecule has 5 nitrogen and oxygen atoms in total. The Balaban J connectivity index is 1.55. The third kappa shape index (κ3) is 3.76. The second kappa shape index (κ2) is 7.05. The van der Waals surface area contributed by atoms with E-state index < -0.39 is 0 Å². The Morgan fingerprint density at radius 3 is 3.00 bits per heavy atom. The molecule has 126 valence electrons. The van der Waals surface area contributed by atoms with Crippen molar-refractivity contribution >= 4 is 22.2 Å². The molecule has 24 heavy (non-hydrogen) atoms. The smallest absolute Gasteiger partial charge is 0.258 e. The lowest BCUT2D eigenvalue weighted by molar-refractivity contribution is -0.123. The standard InChI is InChI=1S/C18H21N3O2S/c1-12(2)15-5-4-13(3)8-16(15)23-11-17(22)19-9-14-10-21-6-7-24-18(21)20-14/h4-8,10,12H,9,11H2,1-3H3,(H,19,22). The number of hydrogen-bond acceptors (Lipinski definition) is 4. The van der Waals surface area contributed by atoms with E-state index in [9.17, 15) is 4.79 Å². The van der Waals surface area contributed by atoms with Crippen molar-refractivity contribution < 1.29 is 9.53 Å². The second-order valence-corrected chi connectivity index (χ2v) is 6.96. The predicted molar refractivity (Wildman–Crippen MR) is 95.7 cm³/mol. The molecule has 0 saturated carbocycles. The summed E-state index contributed by atoms with van der Waals surface area (Å²) in [6.45, 7) is 6.65. The number of benzene rings is 1. The highest BCUT2D eigenvalue weighted by molar-refractivity contribution is 7.15. The fourth-order valence-corrected chi connectivity index (χ4v) is 3.21. The number of aromatic nitrogens is 2. The van der Waals surface area contributed by atoms with Gasteiger partial charge in [0, 0.05) is 17.8 Å². The van der Waals surface area contributed by atoms with Crippen LogP contribution in [0.15, 0.2) is 36.0 Å². The third-order valence-electron chi connectivity index (χ3n) is 3.76. The van der Waals surface area contributed by atoms with E-state index in [-0.39, 0.29) is 12.5 Å². The maximum absolute atomic E-state index is 12.0. The van der Waals surface area contributed by atoms with E-state index >= 15 is 0 Å². The zero-order valence-electron chi connectivity index (χ0n) is 14.1. The molecule has 1 aromatic carbocycles. The van der Waals surface area contributed by atoms with Crippen LogP contribution < -0.4 is 10.1 Å². The van der Waals surface area contributed by atoms with Crippen molar-refractivity contribution in [3.63, 3.8) is 0 Å². The van der Waals surface area contributed by atoms with Crippen molar-refractivity contribution in [2.24, 2.45) is 0 Å². The van der Waals surface area contributed by atoms with Gasteiger partial charge < -0.3 is 10.1 Å². The van der Waals surface area contributed by atoms with Gasteiger partial charge in [0.15, 0.2) is 11.6 Å². The van der Waals surface area contributed by atoms with Crippen LogP contribution in [0.5, 0.6) is 5.75 Å². The molecular weight excluding hydrogens is 322 g/mol. The van der Waals surface area contributed by atoms with Gasteiger partial charge in [0.25, 0.3) is 5.91 Å². The van der Waals surface area contributed by atoms with Gasteiger partial charge in [0.1, 0.15) is 5.75 Å². The molecule has 0 radical (unpaired) electrons. The highest BCUT2D eigenvalue weighted by atomic mass is 32.1. The summed E-state index contributed by atoms with van der Waals surface area (Å²) in [6, 6.07) is 6.10. The lowest BCUT2D eigenvalue weighted by Gasteiger charge is -2.14. The Morgan fingerprint density at radius 2 is 2.25 bits per heavy atom. The van der Waals surface area contributed by atoms with Crippen LogP contribution in [0.25, 0.3) is 4.96 Å². The number of nitrogens with one attached hydrogen (secondary N) is 1. The van der Waals surface area contributed by atoms with Crippen LogP contribution in [0.2, 0.25) is 0 Å². The molecule has 0 spiro atoms. The summed E-state index contributed by atoms with van der Waals surface area (Å²) < 4.78 is 7.69. The van der Waals surface area contributed by atoms with Gasteiger partial charge in [-0.15, -0.1) is 11.3 Å². The second-order valence-electron chi connectivity index (χ2n) is 6.09. The molecule has 0 aliphatic heterocycles. The number of thiazole rings is 1. The molecular formula is C18H21N3O2S. The van der Waals surface area contributed by atoms with Crippen molar-refractivity contribution in [1.82, 2.24) is 14.7 Å². The summed E-state index contributed by atoms with van der Waals surface area (Å²) in [5, 5.41) is 4.83. The number of ether oxygens (including phenoxy) is 1. The van der Waals surface area contributed by atoms with E-state index in [2.05, 4.69) is 36.3 Å². The van der Waals surface area contributed by atoms with Gasteiger partial charge in [0.2, 0.25) is 0 Å². The number of amides is 1. The van der Waals surface area contributed by atoms with E-state index in [0.29, 0.717) is 12.5 Å². The van der Waals surface area contributed by atoms with Crippen LogP contribution >= 0.6 is 11.3 Å². The Morgan fingerprint density at radius 1 is 1.42 bits per heavy atom. The molecule has 1 amide bonds. The van der Waals surface area contributed by atoms with Gasteiger partial charge in [0.05, 0.1) is 12.2 Å². The monoisotopic (exact) mass is 343 g/mol. The molecule has 2 heterocycles. The lowest BCUT2D eigenvalue weighted by atomic mass is 10.0. The van der Waals surface area contributed by atoms with Crippen molar-refractivity contribution in [2.75, 3.05) is 6.61 Å². The lowest BCUT2D eigenvalue weighted by Crippen LogP contribution is -2.28. The van der Waals surface area contributed by atoms with Gasteiger partial charge in [-0.2, -0.15) is 0 Å². The first-order valence-corrected chi connectivity index (χ1v) is 8.82. The Labute approximate surface area is 145 Å². The highest BCUT2D eigenvalue weighted by Gasteiger charge is 2.11. The summed E-state index contributed by atoms with van der Waals surface area (Å²) in [5.41, 5.74) is 3.07. The summed E-state index contributed by atoms with van der Waals surface area (Å²) in [4.78, 5) is 17.4. The average molecular weight is 343 g/mol. The van der Waals surface area contributed by atoms with Crippen LogP contribution in [0.1, 0.15) is 36.6 Å². The van der Waals surface area contributed by atoms with E-state index in [0.717, 1.165) is 27.5 Å². The minimum absolute atomic E-state index is 0.00535. The maximum atomic E-state index is 12.0. The minimum atomic E-state index is -0.150. The van der Waals surface area contributed by atoms with Crippen LogP contribution in [0.3, 0.4) is 0 Å². The number of imidazole rings is 1. The Hall–Kier alpha value is -2.34. The largest absolute Gasteiger partial charge is 0.483 e. The first-order chi connectivity index (χ1) is 11.5. The summed E-state index contributed by atoms with van der Waals surface area (Å²) in [6.07, 6.45) is 3.87. The molecule has 1 N–H and O–H groups in total. The molecule has 0 fully saturated rings. The molecule has 3 aromatic rings. The normalized spacial score (nSPS) is 11.2. The average Bonchev–Trinajstić information content (AvgIpc) is 3.12. The zero-order valence-corrected chi connectivity index (χ0v) is 14.9. The van der Waals surface area contributed by atoms with Gasteiger partial charge in [-0.1, -0.05) is 26.0 Å². The Kier molecular flexibility index (Phi) is 4.85. The van der Waals surface area contributed by atoms with Gasteiger partial charge in [-0.3, -0.25) is 9.20 Å². The number of rotatable bonds is 6. The van der Waals surface area contributed by atoms with Crippen molar-refractivity contribution in [3.05, 3.63) is 52.8 Å². The van der Waals surface area contributed by atoms with Crippen LogP contribution in [-0.2, 0) is 11.3 Å². The molecule has 0 atom stereocenters. The SMILES string of the molecule is Cc1ccc(C(C)C)c(OCC(=O)NCc2cn3ccsc3n2)c1. The molecule has 3 rings (SSSR count). The molecule has 6 heteroatoms. The topological polar surface area (TPSA) is 55.6 Å². The Bertz CT molecular complexity index is 822. The molecule has 0 bridgehead atoms. The van der Waals surface area contributed by atoms with Crippen LogP contribution in [0.4, 0.5) is 0 Å². The van der Waals surface area contributed by atoms with Crippen molar-refractivity contribution in [1.29, 1.82) is 0 Å². The molecule has 2 aromatic heterocycles.